The van der Waals surface area contributed by atoms with Gasteiger partial charge in [0.2, 0.25) is 5.95 Å². The number of piperazine rings is 1. The summed E-state index contributed by atoms with van der Waals surface area (Å²) in [5.41, 5.74) is 1.26. The van der Waals surface area contributed by atoms with Gasteiger partial charge in [0.25, 0.3) is 5.56 Å². The molecule has 1 fully saturated rings. The molecule has 0 amide bonds. The van der Waals surface area contributed by atoms with Gasteiger partial charge in [-0.15, -0.1) is 0 Å². The summed E-state index contributed by atoms with van der Waals surface area (Å²) in [6, 6.07) is 10.2. The first-order valence-corrected chi connectivity index (χ1v) is 10.0. The first kappa shape index (κ1) is 19.2. The molecule has 1 aromatic carbocycles. The summed E-state index contributed by atoms with van der Waals surface area (Å²) in [5, 5.41) is 0. The van der Waals surface area contributed by atoms with E-state index in [-0.39, 0.29) is 5.56 Å². The van der Waals surface area contributed by atoms with Gasteiger partial charge in [0, 0.05) is 13.6 Å². The van der Waals surface area contributed by atoms with Crippen LogP contribution in [0, 0.1) is 0 Å². The van der Waals surface area contributed by atoms with Gasteiger partial charge in [-0.2, -0.15) is 4.98 Å². The number of benzene rings is 1. The molecule has 3 heterocycles. The van der Waals surface area contributed by atoms with Crippen molar-refractivity contribution >= 4 is 17.1 Å². The Hall–Kier alpha value is -3.13. The Morgan fingerprint density at radius 3 is 2.62 bits per heavy atom. The van der Waals surface area contributed by atoms with Gasteiger partial charge in [0.15, 0.2) is 11.2 Å². The first-order chi connectivity index (χ1) is 14.1. The molecule has 2 aromatic heterocycles. The third kappa shape index (κ3) is 3.75. The maximum absolute atomic E-state index is 12.7. The number of fused-ring (bicyclic) bond motifs is 1. The Morgan fingerprint density at radius 2 is 1.93 bits per heavy atom. The second-order valence-electron chi connectivity index (χ2n) is 7.52. The fourth-order valence-corrected chi connectivity index (χ4v) is 3.99. The number of rotatable bonds is 6. The number of imidazole rings is 1. The minimum atomic E-state index is -0.443. The van der Waals surface area contributed by atoms with E-state index in [1.54, 1.807) is 7.05 Å². The van der Waals surface area contributed by atoms with Crippen molar-refractivity contribution in [3.8, 4) is 0 Å². The molecule has 1 aliphatic rings. The van der Waals surface area contributed by atoms with Gasteiger partial charge in [0.1, 0.15) is 0 Å². The molecule has 0 aliphatic carbocycles. The molecule has 0 atom stereocenters. The van der Waals surface area contributed by atoms with Crippen LogP contribution < -0.4 is 21.0 Å². The molecule has 0 spiro atoms. The maximum Gasteiger partial charge on any atom is 0.329 e. The number of H-pyrrole nitrogens is 1. The molecule has 152 valence electrons. The Balaban J connectivity index is 1.73. The highest BCUT2D eigenvalue weighted by molar-refractivity contribution is 5.74. The normalized spacial score (nSPS) is 15.1. The third-order valence-corrected chi connectivity index (χ3v) is 5.64. The van der Waals surface area contributed by atoms with Gasteiger partial charge >= 0.3 is 5.69 Å². The molecule has 4 rings (SSSR count). The zero-order chi connectivity index (χ0) is 20.4. The molecule has 0 bridgehead atoms. The lowest BCUT2D eigenvalue weighted by molar-refractivity contribution is -0.894. The second kappa shape index (κ2) is 8.08. The molecule has 0 unspecified atom stereocenters. The predicted molar refractivity (Wildman–Crippen MR) is 114 cm³/mol. The highest BCUT2D eigenvalue weighted by Crippen LogP contribution is 2.20. The van der Waals surface area contributed by atoms with E-state index in [0.717, 1.165) is 45.1 Å². The molecule has 0 radical (unpaired) electrons. The monoisotopic (exact) mass is 395 g/mol. The number of nitrogens with zero attached hydrogens (tertiary/aromatic N) is 4. The smallest absolute Gasteiger partial charge is 0.329 e. The minimum Gasteiger partial charge on any atom is -0.331 e. The molecule has 29 heavy (non-hydrogen) atoms. The second-order valence-corrected chi connectivity index (χ2v) is 7.52. The summed E-state index contributed by atoms with van der Waals surface area (Å²) < 4.78 is 3.39. The average molecular weight is 395 g/mol. The lowest BCUT2D eigenvalue weighted by Crippen LogP contribution is -3.14. The summed E-state index contributed by atoms with van der Waals surface area (Å²) in [6.45, 7) is 9.09. The molecule has 3 aromatic rings. The zero-order valence-electron chi connectivity index (χ0n) is 16.7. The molecule has 1 saturated heterocycles. The van der Waals surface area contributed by atoms with Crippen molar-refractivity contribution in [2.24, 2.45) is 7.05 Å². The molecule has 0 saturated carbocycles. The number of quaternary nitrogens is 1. The van der Waals surface area contributed by atoms with Crippen LogP contribution in [-0.4, -0.2) is 51.8 Å². The van der Waals surface area contributed by atoms with Crippen LogP contribution >= 0.6 is 0 Å². The number of anilines is 1. The minimum absolute atomic E-state index is 0.383. The van der Waals surface area contributed by atoms with E-state index in [1.165, 1.54) is 15.0 Å². The number of hydrogen-bond acceptors (Lipinski definition) is 4. The lowest BCUT2D eigenvalue weighted by atomic mass is 10.1. The van der Waals surface area contributed by atoms with Crippen molar-refractivity contribution in [1.29, 1.82) is 0 Å². The van der Waals surface area contributed by atoms with E-state index >= 15 is 0 Å². The molecule has 1 aliphatic heterocycles. The van der Waals surface area contributed by atoms with Gasteiger partial charge < -0.3 is 14.4 Å². The van der Waals surface area contributed by atoms with Crippen LogP contribution in [-0.2, 0) is 20.0 Å². The third-order valence-electron chi connectivity index (χ3n) is 5.64. The lowest BCUT2D eigenvalue weighted by Gasteiger charge is -2.32. The van der Waals surface area contributed by atoms with Crippen LogP contribution in [0.5, 0.6) is 0 Å². The predicted octanol–water partition coefficient (Wildman–Crippen LogP) is -0.443. The van der Waals surface area contributed by atoms with Crippen molar-refractivity contribution in [1.82, 2.24) is 19.1 Å². The van der Waals surface area contributed by atoms with Gasteiger partial charge in [-0.05, 0) is 18.1 Å². The number of hydrogen-bond donors (Lipinski definition) is 2. The van der Waals surface area contributed by atoms with Crippen molar-refractivity contribution in [3.05, 3.63) is 69.4 Å². The molecule has 8 heteroatoms. The van der Waals surface area contributed by atoms with Crippen molar-refractivity contribution in [2.75, 3.05) is 37.6 Å². The molecule has 2 N–H and O–H groups in total. The highest BCUT2D eigenvalue weighted by atomic mass is 16.2. The number of aryl methyl sites for hydroxylation is 3. The van der Waals surface area contributed by atoms with Crippen molar-refractivity contribution in [3.63, 3.8) is 0 Å². The van der Waals surface area contributed by atoms with E-state index in [4.69, 9.17) is 4.98 Å². The van der Waals surface area contributed by atoms with E-state index in [2.05, 4.69) is 28.6 Å². The molecular weight excluding hydrogens is 368 g/mol. The topological polar surface area (TPSA) is 80.4 Å². The van der Waals surface area contributed by atoms with Gasteiger partial charge in [-0.1, -0.05) is 36.9 Å². The number of aromatic amines is 1. The van der Waals surface area contributed by atoms with Crippen molar-refractivity contribution in [2.45, 2.75) is 13.0 Å². The summed E-state index contributed by atoms with van der Waals surface area (Å²) in [5.74, 6) is 0.764. The van der Waals surface area contributed by atoms with E-state index in [9.17, 15) is 9.59 Å². The summed E-state index contributed by atoms with van der Waals surface area (Å²) >= 11 is 0. The van der Waals surface area contributed by atoms with Crippen LogP contribution in [0.1, 0.15) is 5.56 Å². The molecule has 8 nitrogen and oxygen atoms in total. The number of nitrogens with one attached hydrogen (secondary N) is 2. The van der Waals surface area contributed by atoms with Gasteiger partial charge in [-0.3, -0.25) is 14.3 Å². The fraction of sp³-hybridized carbons (Fsp3) is 0.381. The Labute approximate surface area is 168 Å². The largest absolute Gasteiger partial charge is 0.331 e. The zero-order valence-corrected chi connectivity index (χ0v) is 16.7. The summed E-state index contributed by atoms with van der Waals surface area (Å²) in [7, 11) is 1.64. The van der Waals surface area contributed by atoms with Crippen molar-refractivity contribution < 1.29 is 4.90 Å². The standard InChI is InChI=1S/C21H26N6O2/c1-3-10-25-12-14-26(15-13-25)20-22-18-17(19(28)23-21(29)24(18)2)27(20)11-9-16-7-5-4-6-8-16/h3-8H,1,9-15H2,2H3,(H,23,28,29)/p+1. The average Bonchev–Trinajstić information content (AvgIpc) is 3.12. The van der Waals surface area contributed by atoms with Crippen LogP contribution in [0.2, 0.25) is 0 Å². The van der Waals surface area contributed by atoms with E-state index in [0.29, 0.717) is 17.7 Å². The summed E-state index contributed by atoms with van der Waals surface area (Å²) in [6.07, 6.45) is 2.73. The quantitative estimate of drug-likeness (QED) is 0.555. The van der Waals surface area contributed by atoms with Crippen LogP contribution in [0.3, 0.4) is 0 Å². The van der Waals surface area contributed by atoms with E-state index < -0.39 is 5.69 Å². The molecular formula is C21H27N6O2+. The van der Waals surface area contributed by atoms with Gasteiger partial charge in [-0.25, -0.2) is 4.79 Å². The Bertz CT molecular complexity index is 1120. The number of aromatic nitrogens is 4. The van der Waals surface area contributed by atoms with Crippen LogP contribution in [0.25, 0.3) is 11.2 Å². The fourth-order valence-electron chi connectivity index (χ4n) is 3.99. The summed E-state index contributed by atoms with van der Waals surface area (Å²) in [4.78, 5) is 35.6. The first-order valence-electron chi connectivity index (χ1n) is 10.0. The van der Waals surface area contributed by atoms with Crippen LogP contribution in [0.15, 0.2) is 52.6 Å². The maximum atomic E-state index is 12.7. The highest BCUT2D eigenvalue weighted by Gasteiger charge is 2.26. The SMILES string of the molecule is C=CC[NH+]1CCN(c2nc3c(c(=O)[nH]c(=O)n3C)n2CCc2ccccc2)CC1. The Kier molecular flexibility index (Phi) is 5.35. The van der Waals surface area contributed by atoms with Gasteiger partial charge in [0.05, 0.1) is 32.7 Å². The van der Waals surface area contributed by atoms with E-state index in [1.807, 2.05) is 28.8 Å². The Morgan fingerprint density at radius 1 is 1.21 bits per heavy atom. The van der Waals surface area contributed by atoms with Crippen LogP contribution in [0.4, 0.5) is 5.95 Å².